The van der Waals surface area contributed by atoms with Gasteiger partial charge in [-0.2, -0.15) is 5.26 Å². The summed E-state index contributed by atoms with van der Waals surface area (Å²) in [4.78, 5) is 37.8. The summed E-state index contributed by atoms with van der Waals surface area (Å²) in [7, 11) is 1.32. The predicted molar refractivity (Wildman–Crippen MR) is 163 cm³/mol. The van der Waals surface area contributed by atoms with Gasteiger partial charge < -0.3 is 20.1 Å². The van der Waals surface area contributed by atoms with E-state index in [4.69, 9.17) is 14.7 Å². The van der Waals surface area contributed by atoms with E-state index in [0.29, 0.717) is 37.9 Å². The van der Waals surface area contributed by atoms with Crippen LogP contribution in [0.15, 0.2) is 78.9 Å². The van der Waals surface area contributed by atoms with Crippen molar-refractivity contribution in [1.29, 1.82) is 5.26 Å². The molecule has 0 spiro atoms. The molecule has 224 valence electrons. The molecule has 8 nitrogen and oxygen atoms in total. The summed E-state index contributed by atoms with van der Waals surface area (Å²) in [6.07, 6.45) is 4.98. The second-order valence-corrected chi connectivity index (χ2v) is 11.1. The quantitative estimate of drug-likeness (QED) is 0.273. The van der Waals surface area contributed by atoms with Crippen molar-refractivity contribution in [1.82, 2.24) is 10.6 Å². The van der Waals surface area contributed by atoms with Crippen LogP contribution in [0.1, 0.15) is 60.8 Å². The number of rotatable bonds is 13. The molecule has 1 aliphatic carbocycles. The fourth-order valence-electron chi connectivity index (χ4n) is 5.36. The van der Waals surface area contributed by atoms with Crippen molar-refractivity contribution in [2.75, 3.05) is 7.11 Å². The molecule has 0 bridgehead atoms. The molecular weight excluding hydrogens is 542 g/mol. The van der Waals surface area contributed by atoms with Crippen molar-refractivity contribution >= 4 is 17.8 Å². The van der Waals surface area contributed by atoms with Crippen molar-refractivity contribution in [3.05, 3.63) is 101 Å². The summed E-state index contributed by atoms with van der Waals surface area (Å²) in [5.41, 5.74) is 3.60. The van der Waals surface area contributed by atoms with Gasteiger partial charge in [0.15, 0.2) is 0 Å². The number of nitrogens with one attached hydrogen (secondary N) is 2. The van der Waals surface area contributed by atoms with E-state index in [1.807, 2.05) is 66.7 Å². The van der Waals surface area contributed by atoms with E-state index in [1.54, 1.807) is 12.1 Å². The second-order valence-electron chi connectivity index (χ2n) is 11.1. The van der Waals surface area contributed by atoms with E-state index in [0.717, 1.165) is 48.1 Å². The Morgan fingerprint density at radius 1 is 0.860 bits per heavy atom. The molecule has 1 saturated carbocycles. The van der Waals surface area contributed by atoms with Crippen LogP contribution < -0.4 is 15.4 Å². The third kappa shape index (κ3) is 10.3. The van der Waals surface area contributed by atoms with Gasteiger partial charge in [-0.25, -0.2) is 4.79 Å². The molecule has 1 atom stereocenters. The zero-order valence-electron chi connectivity index (χ0n) is 24.6. The number of methoxy groups -OCH3 is 1. The topological polar surface area (TPSA) is 118 Å². The standard InChI is InChI=1S/C35H39N3O5/c1-42-35(41)32(21-26-13-18-31(19-14-26)43-24-29-5-3-2-4-6-29)38-34(40)22-27-11-16-30(17-12-27)37-33(39)20-15-25-7-9-28(23-36)10-8-25/h2-10,13-14,18-19,27,30,32H,11-12,15-17,20-22,24H2,1H3,(H,37,39)(H,38,40)/t27?,30?,32-/m0/s1. The van der Waals surface area contributed by atoms with Gasteiger partial charge in [0.05, 0.1) is 18.7 Å². The largest absolute Gasteiger partial charge is 0.489 e. The van der Waals surface area contributed by atoms with Crippen molar-refractivity contribution < 1.29 is 23.9 Å². The van der Waals surface area contributed by atoms with Gasteiger partial charge in [-0.15, -0.1) is 0 Å². The molecule has 2 amide bonds. The lowest BCUT2D eigenvalue weighted by molar-refractivity contribution is -0.145. The molecule has 2 N–H and O–H groups in total. The predicted octanol–water partition coefficient (Wildman–Crippen LogP) is 5.04. The van der Waals surface area contributed by atoms with Gasteiger partial charge >= 0.3 is 5.97 Å². The number of aryl methyl sites for hydroxylation is 1. The van der Waals surface area contributed by atoms with E-state index in [-0.39, 0.29) is 23.8 Å². The molecule has 8 heteroatoms. The summed E-state index contributed by atoms with van der Waals surface area (Å²) in [5, 5.41) is 14.9. The van der Waals surface area contributed by atoms with Crippen LogP contribution in [0.2, 0.25) is 0 Å². The van der Waals surface area contributed by atoms with E-state index < -0.39 is 12.0 Å². The fraction of sp³-hybridized carbons (Fsp3) is 0.371. The lowest BCUT2D eigenvalue weighted by atomic mass is 9.83. The van der Waals surface area contributed by atoms with Gasteiger partial charge in [0.1, 0.15) is 18.4 Å². The molecule has 0 radical (unpaired) electrons. The number of hydrogen-bond acceptors (Lipinski definition) is 6. The molecule has 4 rings (SSSR count). The Labute approximate surface area is 253 Å². The lowest BCUT2D eigenvalue weighted by Crippen LogP contribution is -2.44. The van der Waals surface area contributed by atoms with Gasteiger partial charge in [-0.3, -0.25) is 9.59 Å². The monoisotopic (exact) mass is 581 g/mol. The smallest absolute Gasteiger partial charge is 0.328 e. The van der Waals surface area contributed by atoms with Crippen LogP contribution in [0, 0.1) is 17.2 Å². The SMILES string of the molecule is COC(=O)[C@H](Cc1ccc(OCc2ccccc2)cc1)NC(=O)CC1CCC(NC(=O)CCc2ccc(C#N)cc2)CC1. The molecule has 3 aromatic carbocycles. The highest BCUT2D eigenvalue weighted by Crippen LogP contribution is 2.27. The highest BCUT2D eigenvalue weighted by atomic mass is 16.5. The van der Waals surface area contributed by atoms with Crippen molar-refractivity contribution in [3.63, 3.8) is 0 Å². The van der Waals surface area contributed by atoms with Crippen LogP contribution in [-0.4, -0.2) is 37.0 Å². The fourth-order valence-corrected chi connectivity index (χ4v) is 5.36. The van der Waals surface area contributed by atoms with E-state index in [1.165, 1.54) is 7.11 Å². The normalized spacial score (nSPS) is 16.7. The molecule has 43 heavy (non-hydrogen) atoms. The number of nitriles is 1. The van der Waals surface area contributed by atoms with E-state index in [2.05, 4.69) is 16.7 Å². The van der Waals surface area contributed by atoms with Gasteiger partial charge in [-0.05, 0) is 79.0 Å². The van der Waals surface area contributed by atoms with Gasteiger partial charge in [0, 0.05) is 25.3 Å². The minimum absolute atomic E-state index is 0.0160. The zero-order chi connectivity index (χ0) is 30.4. The number of ether oxygens (including phenoxy) is 2. The molecule has 0 heterocycles. The lowest BCUT2D eigenvalue weighted by Gasteiger charge is -2.29. The van der Waals surface area contributed by atoms with Crippen LogP contribution >= 0.6 is 0 Å². The summed E-state index contributed by atoms with van der Waals surface area (Å²) in [6.45, 7) is 0.467. The number of amides is 2. The number of hydrogen-bond donors (Lipinski definition) is 2. The summed E-state index contributed by atoms with van der Waals surface area (Å²) in [5.74, 6) is 0.288. The average molecular weight is 582 g/mol. The van der Waals surface area contributed by atoms with Crippen molar-refractivity contribution in [2.24, 2.45) is 5.92 Å². The Kier molecular flexibility index (Phi) is 11.7. The van der Waals surface area contributed by atoms with Crippen LogP contribution in [0.3, 0.4) is 0 Å². The molecule has 0 unspecified atom stereocenters. The minimum atomic E-state index is -0.777. The minimum Gasteiger partial charge on any atom is -0.489 e. The Morgan fingerprint density at radius 3 is 2.19 bits per heavy atom. The summed E-state index contributed by atoms with van der Waals surface area (Å²) < 4.78 is 10.8. The maximum Gasteiger partial charge on any atom is 0.328 e. The molecule has 1 fully saturated rings. The Morgan fingerprint density at radius 2 is 1.53 bits per heavy atom. The molecule has 0 saturated heterocycles. The first-order chi connectivity index (χ1) is 20.9. The molecular formula is C35H39N3O5. The first kappa shape index (κ1) is 31.3. The summed E-state index contributed by atoms with van der Waals surface area (Å²) in [6, 6.07) is 26.1. The van der Waals surface area contributed by atoms with Gasteiger partial charge in [-0.1, -0.05) is 54.6 Å². The summed E-state index contributed by atoms with van der Waals surface area (Å²) >= 11 is 0. The van der Waals surface area contributed by atoms with E-state index >= 15 is 0 Å². The first-order valence-electron chi connectivity index (χ1n) is 14.8. The molecule has 0 aliphatic heterocycles. The Hall–Kier alpha value is -4.64. The van der Waals surface area contributed by atoms with E-state index in [9.17, 15) is 14.4 Å². The molecule has 1 aliphatic rings. The highest BCUT2D eigenvalue weighted by molar-refractivity contribution is 5.84. The second kappa shape index (κ2) is 16.1. The van der Waals surface area contributed by atoms with Crippen molar-refractivity contribution in [3.8, 4) is 11.8 Å². The van der Waals surface area contributed by atoms with Crippen LogP contribution in [0.4, 0.5) is 0 Å². The Bertz CT molecular complexity index is 1380. The highest BCUT2D eigenvalue weighted by Gasteiger charge is 2.27. The Balaban J connectivity index is 1.17. The van der Waals surface area contributed by atoms with Crippen LogP contribution in [0.5, 0.6) is 5.75 Å². The molecule has 0 aromatic heterocycles. The van der Waals surface area contributed by atoms with Gasteiger partial charge in [0.2, 0.25) is 11.8 Å². The first-order valence-corrected chi connectivity index (χ1v) is 14.8. The van der Waals surface area contributed by atoms with Crippen LogP contribution in [-0.2, 0) is 38.6 Å². The number of nitrogens with zero attached hydrogens (tertiary/aromatic N) is 1. The maximum atomic E-state index is 12.9. The average Bonchev–Trinajstić information content (AvgIpc) is 3.04. The number of carbonyl (C=O) groups excluding carboxylic acids is 3. The number of benzene rings is 3. The number of carbonyl (C=O) groups is 3. The third-order valence-corrected chi connectivity index (χ3v) is 7.84. The molecule has 3 aromatic rings. The third-order valence-electron chi connectivity index (χ3n) is 7.84. The maximum absolute atomic E-state index is 12.9. The van der Waals surface area contributed by atoms with Crippen LogP contribution in [0.25, 0.3) is 0 Å². The van der Waals surface area contributed by atoms with Gasteiger partial charge in [0.25, 0.3) is 0 Å². The van der Waals surface area contributed by atoms with Crippen molar-refractivity contribution in [2.45, 2.75) is 70.1 Å². The zero-order valence-corrected chi connectivity index (χ0v) is 24.6. The number of esters is 1.